The highest BCUT2D eigenvalue weighted by Gasteiger charge is 2.30. The lowest BCUT2D eigenvalue weighted by atomic mass is 9.96. The van der Waals surface area contributed by atoms with Gasteiger partial charge in [-0.1, -0.05) is 23.2 Å². The van der Waals surface area contributed by atoms with E-state index >= 15 is 0 Å². The van der Waals surface area contributed by atoms with Crippen molar-refractivity contribution >= 4 is 52.1 Å². The number of carbonyl (C=O) groups is 2. The van der Waals surface area contributed by atoms with Gasteiger partial charge in [-0.05, 0) is 70.0 Å². The monoisotopic (exact) mass is 440 g/mol. The van der Waals surface area contributed by atoms with Crippen LogP contribution in [0.25, 0.3) is 0 Å². The summed E-state index contributed by atoms with van der Waals surface area (Å²) < 4.78 is 0. The number of halogens is 2. The largest absolute Gasteiger partial charge is 0.477 e. The third kappa shape index (κ3) is 4.35. The van der Waals surface area contributed by atoms with Crippen LogP contribution in [0.4, 0.5) is 5.69 Å². The number of rotatable bonds is 5. The average molecular weight is 441 g/mol. The molecular weight excluding hydrogens is 419 g/mol. The molecule has 2 heterocycles. The van der Waals surface area contributed by atoms with Crippen molar-refractivity contribution in [1.82, 2.24) is 5.32 Å². The van der Waals surface area contributed by atoms with E-state index in [4.69, 9.17) is 23.2 Å². The van der Waals surface area contributed by atoms with E-state index in [2.05, 4.69) is 5.32 Å². The number of nitrogens with zero attached hydrogens (tertiary/aromatic N) is 1. The normalized spacial score (nSPS) is 15.0. The van der Waals surface area contributed by atoms with E-state index in [0.717, 1.165) is 30.8 Å². The van der Waals surface area contributed by atoms with Gasteiger partial charge in [0, 0.05) is 15.9 Å². The Hall–Kier alpha value is -1.60. The fourth-order valence-corrected chi connectivity index (χ4v) is 5.10. The second kappa shape index (κ2) is 8.82. The van der Waals surface area contributed by atoms with Gasteiger partial charge in [0.05, 0.1) is 16.3 Å². The summed E-state index contributed by atoms with van der Waals surface area (Å²) in [5.74, 6) is -1.06. The molecule has 0 radical (unpaired) electrons. The van der Waals surface area contributed by atoms with Gasteiger partial charge in [-0.25, -0.2) is 4.79 Å². The Morgan fingerprint density at radius 3 is 2.46 bits per heavy atom. The predicted octanol–water partition coefficient (Wildman–Crippen LogP) is 5.28. The van der Waals surface area contributed by atoms with E-state index in [9.17, 15) is 14.7 Å². The maximum absolute atomic E-state index is 13.3. The summed E-state index contributed by atoms with van der Waals surface area (Å²) >= 11 is 13.4. The Morgan fingerprint density at radius 1 is 1.21 bits per heavy atom. The molecule has 150 valence electrons. The summed E-state index contributed by atoms with van der Waals surface area (Å²) in [5.41, 5.74) is 0.725. The second-order valence-corrected chi connectivity index (χ2v) is 9.01. The van der Waals surface area contributed by atoms with Crippen molar-refractivity contribution in [1.29, 1.82) is 0 Å². The first-order valence-corrected chi connectivity index (χ1v) is 10.7. The van der Waals surface area contributed by atoms with Gasteiger partial charge < -0.3 is 15.3 Å². The zero-order valence-electron chi connectivity index (χ0n) is 15.7. The van der Waals surface area contributed by atoms with E-state index in [1.165, 1.54) is 22.3 Å². The Morgan fingerprint density at radius 2 is 1.89 bits per heavy atom. The number of carboxylic acid groups (broad SMARTS) is 1. The number of aromatic carboxylic acids is 1. The zero-order chi connectivity index (χ0) is 20.4. The fraction of sp³-hybridized carbons (Fsp3) is 0.400. The van der Waals surface area contributed by atoms with Crippen molar-refractivity contribution in [3.8, 4) is 0 Å². The van der Waals surface area contributed by atoms with Gasteiger partial charge >= 0.3 is 5.97 Å². The average Bonchev–Trinajstić information content (AvgIpc) is 3.07. The number of amides is 1. The van der Waals surface area contributed by atoms with E-state index in [0.29, 0.717) is 22.2 Å². The van der Waals surface area contributed by atoms with Crippen LogP contribution >= 0.6 is 34.5 Å². The lowest BCUT2D eigenvalue weighted by Gasteiger charge is -2.27. The van der Waals surface area contributed by atoms with Crippen LogP contribution in [-0.2, 0) is 0 Å². The number of thiophene rings is 1. The summed E-state index contributed by atoms with van der Waals surface area (Å²) in [5, 5.41) is 13.8. The summed E-state index contributed by atoms with van der Waals surface area (Å²) in [4.78, 5) is 27.9. The SMILES string of the molecule is CC(C)N(C(=O)c1ccc(Cl)cc1Cl)c1cc(C2CCNCC2)sc1C(=O)O. The van der Waals surface area contributed by atoms with Gasteiger partial charge in [0.1, 0.15) is 4.88 Å². The minimum absolute atomic E-state index is 0.181. The third-order valence-electron chi connectivity index (χ3n) is 4.82. The van der Waals surface area contributed by atoms with Crippen molar-refractivity contribution in [2.24, 2.45) is 0 Å². The number of benzene rings is 1. The van der Waals surface area contributed by atoms with Crippen molar-refractivity contribution in [2.75, 3.05) is 18.0 Å². The molecule has 1 fully saturated rings. The van der Waals surface area contributed by atoms with Crippen LogP contribution in [0.15, 0.2) is 24.3 Å². The molecule has 5 nitrogen and oxygen atoms in total. The zero-order valence-corrected chi connectivity index (χ0v) is 18.0. The first kappa shape index (κ1) is 21.1. The molecule has 1 amide bonds. The highest BCUT2D eigenvalue weighted by atomic mass is 35.5. The van der Waals surface area contributed by atoms with E-state index in [1.54, 1.807) is 12.1 Å². The molecule has 0 saturated carbocycles. The molecule has 0 atom stereocenters. The van der Waals surface area contributed by atoms with Crippen molar-refractivity contribution in [3.05, 3.63) is 49.6 Å². The predicted molar refractivity (Wildman–Crippen MR) is 115 cm³/mol. The van der Waals surface area contributed by atoms with Gasteiger partial charge in [-0.2, -0.15) is 0 Å². The molecule has 1 aromatic carbocycles. The molecule has 2 N–H and O–H groups in total. The molecule has 0 bridgehead atoms. The second-order valence-electron chi connectivity index (χ2n) is 7.09. The van der Waals surface area contributed by atoms with Crippen LogP contribution < -0.4 is 10.2 Å². The molecule has 1 aliphatic rings. The van der Waals surface area contributed by atoms with Crippen LogP contribution in [0.1, 0.15) is 57.5 Å². The van der Waals surface area contributed by atoms with Gasteiger partial charge in [-0.3, -0.25) is 4.79 Å². The number of carboxylic acids is 1. The topological polar surface area (TPSA) is 69.6 Å². The molecule has 1 aliphatic heterocycles. The lowest BCUT2D eigenvalue weighted by molar-refractivity contribution is 0.0703. The van der Waals surface area contributed by atoms with Crippen LogP contribution in [-0.4, -0.2) is 36.1 Å². The highest BCUT2D eigenvalue weighted by Crippen LogP contribution is 2.39. The number of hydrogen-bond acceptors (Lipinski definition) is 4. The molecule has 0 unspecified atom stereocenters. The molecule has 0 aliphatic carbocycles. The fourth-order valence-electron chi connectivity index (χ4n) is 3.45. The molecule has 2 aromatic rings. The molecule has 0 spiro atoms. The molecule has 1 saturated heterocycles. The molecule has 1 aromatic heterocycles. The summed E-state index contributed by atoms with van der Waals surface area (Å²) in [6.45, 7) is 5.53. The van der Waals surface area contributed by atoms with E-state index in [1.807, 2.05) is 19.9 Å². The van der Waals surface area contributed by atoms with Gasteiger partial charge in [-0.15, -0.1) is 11.3 Å². The Balaban J connectivity index is 2.04. The van der Waals surface area contributed by atoms with E-state index < -0.39 is 5.97 Å². The Labute approximate surface area is 178 Å². The third-order valence-corrected chi connectivity index (χ3v) is 6.65. The number of nitrogens with one attached hydrogen (secondary N) is 1. The summed E-state index contributed by atoms with van der Waals surface area (Å²) in [6.07, 6.45) is 1.91. The van der Waals surface area contributed by atoms with Crippen molar-refractivity contribution < 1.29 is 14.7 Å². The first-order valence-electron chi connectivity index (χ1n) is 9.16. The van der Waals surface area contributed by atoms with Crippen molar-refractivity contribution in [2.45, 2.75) is 38.6 Å². The van der Waals surface area contributed by atoms with Gasteiger partial charge in [0.2, 0.25) is 0 Å². The lowest BCUT2D eigenvalue weighted by Crippen LogP contribution is -2.37. The minimum Gasteiger partial charge on any atom is -0.477 e. The molecule has 3 rings (SSSR count). The Bertz CT molecular complexity index is 892. The molecule has 28 heavy (non-hydrogen) atoms. The van der Waals surface area contributed by atoms with Crippen molar-refractivity contribution in [3.63, 3.8) is 0 Å². The molecular formula is C20H22Cl2N2O3S. The van der Waals surface area contributed by atoms with Crippen LogP contribution in [0.5, 0.6) is 0 Å². The summed E-state index contributed by atoms with van der Waals surface area (Å²) in [7, 11) is 0. The molecule has 8 heteroatoms. The number of anilines is 1. The highest BCUT2D eigenvalue weighted by molar-refractivity contribution is 7.14. The maximum atomic E-state index is 13.3. The van der Waals surface area contributed by atoms with Crippen LogP contribution in [0.3, 0.4) is 0 Å². The maximum Gasteiger partial charge on any atom is 0.348 e. The number of piperidine rings is 1. The Kier molecular flexibility index (Phi) is 6.65. The minimum atomic E-state index is -1.03. The van der Waals surface area contributed by atoms with Crippen LogP contribution in [0.2, 0.25) is 10.0 Å². The standard InChI is InChI=1S/C20H22Cl2N2O3S/c1-11(2)24(19(25)14-4-3-13(21)9-15(14)22)16-10-17(28-18(16)20(26)27)12-5-7-23-8-6-12/h3-4,9-12,23H,5-8H2,1-2H3,(H,26,27). The number of carbonyl (C=O) groups excluding carboxylic acids is 1. The number of hydrogen-bond donors (Lipinski definition) is 2. The quantitative estimate of drug-likeness (QED) is 0.663. The van der Waals surface area contributed by atoms with E-state index in [-0.39, 0.29) is 21.8 Å². The van der Waals surface area contributed by atoms with Crippen LogP contribution in [0, 0.1) is 0 Å². The van der Waals surface area contributed by atoms with Gasteiger partial charge in [0.15, 0.2) is 0 Å². The first-order chi connectivity index (χ1) is 13.3. The smallest absolute Gasteiger partial charge is 0.348 e. The van der Waals surface area contributed by atoms with Gasteiger partial charge in [0.25, 0.3) is 5.91 Å². The summed E-state index contributed by atoms with van der Waals surface area (Å²) in [6, 6.07) is 6.31.